The van der Waals surface area contributed by atoms with Gasteiger partial charge in [-0.05, 0) is 25.3 Å². The van der Waals surface area contributed by atoms with Gasteiger partial charge in [0.25, 0.3) is 0 Å². The lowest BCUT2D eigenvalue weighted by Crippen LogP contribution is -2.25. The Kier molecular flexibility index (Phi) is 3.30. The van der Waals surface area contributed by atoms with Crippen LogP contribution in [-0.2, 0) is 6.42 Å². The van der Waals surface area contributed by atoms with Gasteiger partial charge in [0.2, 0.25) is 4.96 Å². The van der Waals surface area contributed by atoms with E-state index in [1.54, 1.807) is 11.3 Å². The minimum Gasteiger partial charge on any atom is -0.330 e. The highest BCUT2D eigenvalue weighted by atomic mass is 32.1. The van der Waals surface area contributed by atoms with E-state index in [1.165, 1.54) is 30.7 Å². The van der Waals surface area contributed by atoms with Crippen LogP contribution in [0.5, 0.6) is 0 Å². The van der Waals surface area contributed by atoms with Gasteiger partial charge in [0.05, 0.1) is 0 Å². The minimum atomic E-state index is 0.528. The van der Waals surface area contributed by atoms with Gasteiger partial charge in [-0.1, -0.05) is 31.1 Å². The zero-order chi connectivity index (χ0) is 12.5. The first kappa shape index (κ1) is 12.0. The Hall–Kier alpha value is -1.01. The number of hydrogen-bond acceptors (Lipinski definition) is 5. The number of nitrogens with zero attached hydrogens (tertiary/aromatic N) is 4. The summed E-state index contributed by atoms with van der Waals surface area (Å²) in [6, 6.07) is 0. The lowest BCUT2D eigenvalue weighted by atomic mass is 9.80. The van der Waals surface area contributed by atoms with Crippen LogP contribution in [-0.4, -0.2) is 26.4 Å². The molecule has 1 aliphatic carbocycles. The Morgan fingerprint density at radius 2 is 2.17 bits per heavy atom. The molecule has 2 atom stereocenters. The molecule has 2 aromatic rings. The molecule has 18 heavy (non-hydrogen) atoms. The van der Waals surface area contributed by atoms with E-state index in [4.69, 9.17) is 10.8 Å². The molecule has 0 amide bonds. The van der Waals surface area contributed by atoms with Crippen molar-refractivity contribution in [1.82, 2.24) is 19.8 Å². The van der Waals surface area contributed by atoms with Gasteiger partial charge < -0.3 is 5.73 Å². The summed E-state index contributed by atoms with van der Waals surface area (Å²) in [5.74, 6) is 2.07. The number of nitrogens with two attached hydrogens (primary N) is 1. The summed E-state index contributed by atoms with van der Waals surface area (Å²) >= 11 is 1.68. The maximum atomic E-state index is 5.90. The van der Waals surface area contributed by atoms with Crippen molar-refractivity contribution in [3.05, 3.63) is 10.8 Å². The molecule has 0 bridgehead atoms. The van der Waals surface area contributed by atoms with Crippen molar-refractivity contribution in [2.24, 2.45) is 11.7 Å². The lowest BCUT2D eigenvalue weighted by molar-refractivity contribution is 0.312. The van der Waals surface area contributed by atoms with Crippen molar-refractivity contribution >= 4 is 16.3 Å². The van der Waals surface area contributed by atoms with E-state index >= 15 is 0 Å². The second kappa shape index (κ2) is 4.93. The Morgan fingerprint density at radius 3 is 2.94 bits per heavy atom. The normalized spacial score (nSPS) is 24.8. The van der Waals surface area contributed by atoms with Crippen LogP contribution in [0.1, 0.15) is 49.4 Å². The third-order valence-corrected chi connectivity index (χ3v) is 4.95. The Balaban J connectivity index is 1.95. The van der Waals surface area contributed by atoms with Crippen molar-refractivity contribution in [2.45, 2.75) is 44.9 Å². The SMILES string of the molecule is CCc1nnc2sc(C3CCCCC3CN)nn12. The quantitative estimate of drug-likeness (QED) is 0.921. The van der Waals surface area contributed by atoms with Crippen molar-refractivity contribution in [3.8, 4) is 0 Å². The first-order valence-electron chi connectivity index (χ1n) is 6.74. The van der Waals surface area contributed by atoms with Crippen LogP contribution in [0.4, 0.5) is 0 Å². The maximum Gasteiger partial charge on any atom is 0.234 e. The van der Waals surface area contributed by atoms with Crippen molar-refractivity contribution in [3.63, 3.8) is 0 Å². The van der Waals surface area contributed by atoms with Crippen molar-refractivity contribution in [2.75, 3.05) is 6.54 Å². The third kappa shape index (κ3) is 1.93. The van der Waals surface area contributed by atoms with Gasteiger partial charge in [-0.25, -0.2) is 0 Å². The van der Waals surface area contributed by atoms with Gasteiger partial charge in [-0.3, -0.25) is 0 Å². The molecular weight excluding hydrogens is 246 g/mol. The molecule has 0 aromatic carbocycles. The van der Waals surface area contributed by atoms with Crippen LogP contribution in [0.25, 0.3) is 4.96 Å². The molecule has 2 aromatic heterocycles. The van der Waals surface area contributed by atoms with Gasteiger partial charge in [0.15, 0.2) is 5.82 Å². The summed E-state index contributed by atoms with van der Waals surface area (Å²) in [6.07, 6.45) is 5.93. The predicted octanol–water partition coefficient (Wildman–Crippen LogP) is 1.98. The molecule has 2 heterocycles. The first-order chi connectivity index (χ1) is 8.83. The van der Waals surface area contributed by atoms with Crippen LogP contribution >= 0.6 is 11.3 Å². The average molecular weight is 265 g/mol. The van der Waals surface area contributed by atoms with E-state index < -0.39 is 0 Å². The molecule has 5 nitrogen and oxygen atoms in total. The van der Waals surface area contributed by atoms with Crippen molar-refractivity contribution in [1.29, 1.82) is 0 Å². The highest BCUT2D eigenvalue weighted by molar-refractivity contribution is 7.16. The van der Waals surface area contributed by atoms with Gasteiger partial charge in [0, 0.05) is 12.3 Å². The third-order valence-electron chi connectivity index (χ3n) is 3.92. The van der Waals surface area contributed by atoms with Gasteiger partial charge in [-0.2, -0.15) is 9.61 Å². The predicted molar refractivity (Wildman–Crippen MR) is 71.8 cm³/mol. The summed E-state index contributed by atoms with van der Waals surface area (Å²) in [4.78, 5) is 0.920. The number of aryl methyl sites for hydroxylation is 1. The molecule has 2 N–H and O–H groups in total. The van der Waals surface area contributed by atoms with Crippen LogP contribution in [0.2, 0.25) is 0 Å². The fraction of sp³-hybridized carbons (Fsp3) is 0.750. The Labute approximate surface area is 110 Å². The second-order valence-electron chi connectivity index (χ2n) is 4.99. The molecule has 1 fully saturated rings. The van der Waals surface area contributed by atoms with E-state index in [9.17, 15) is 0 Å². The van der Waals surface area contributed by atoms with Crippen LogP contribution < -0.4 is 5.73 Å². The number of aromatic nitrogens is 4. The molecule has 0 spiro atoms. The molecule has 1 aliphatic rings. The molecule has 6 heteroatoms. The molecule has 0 saturated heterocycles. The van der Waals surface area contributed by atoms with E-state index in [2.05, 4.69) is 17.1 Å². The molecule has 2 unspecified atom stereocenters. The molecule has 0 radical (unpaired) electrons. The summed E-state index contributed by atoms with van der Waals surface area (Å²) < 4.78 is 1.90. The summed E-state index contributed by atoms with van der Waals surface area (Å²) in [5.41, 5.74) is 5.90. The smallest absolute Gasteiger partial charge is 0.234 e. The summed E-state index contributed by atoms with van der Waals surface area (Å²) in [5, 5.41) is 14.2. The van der Waals surface area contributed by atoms with Gasteiger partial charge >= 0.3 is 0 Å². The second-order valence-corrected chi connectivity index (χ2v) is 5.98. The standard InChI is InChI=1S/C12H19N5S/c1-2-10-14-15-12-17(10)16-11(18-12)9-6-4-3-5-8(9)7-13/h8-9H,2-7,13H2,1H3. The first-order valence-corrected chi connectivity index (χ1v) is 7.56. The largest absolute Gasteiger partial charge is 0.330 e. The highest BCUT2D eigenvalue weighted by Gasteiger charge is 2.28. The molecule has 1 saturated carbocycles. The topological polar surface area (TPSA) is 69.1 Å². The molecular formula is C12H19N5S. The average Bonchev–Trinajstić information content (AvgIpc) is 2.98. The number of fused-ring (bicyclic) bond motifs is 1. The molecule has 3 rings (SSSR count). The summed E-state index contributed by atoms with van der Waals surface area (Å²) in [6.45, 7) is 2.85. The van der Waals surface area contributed by atoms with E-state index in [1.807, 2.05) is 4.52 Å². The highest BCUT2D eigenvalue weighted by Crippen LogP contribution is 2.38. The number of hydrogen-bond donors (Lipinski definition) is 1. The fourth-order valence-corrected chi connectivity index (χ4v) is 3.94. The van der Waals surface area contributed by atoms with E-state index in [-0.39, 0.29) is 0 Å². The Morgan fingerprint density at radius 1 is 1.33 bits per heavy atom. The van der Waals surface area contributed by atoms with Crippen molar-refractivity contribution < 1.29 is 0 Å². The minimum absolute atomic E-state index is 0.528. The van der Waals surface area contributed by atoms with Crippen LogP contribution in [0, 0.1) is 5.92 Å². The molecule has 0 aliphatic heterocycles. The van der Waals surface area contributed by atoms with E-state index in [0.29, 0.717) is 11.8 Å². The number of rotatable bonds is 3. The zero-order valence-corrected chi connectivity index (χ0v) is 11.5. The lowest BCUT2D eigenvalue weighted by Gasteiger charge is -2.28. The summed E-state index contributed by atoms with van der Waals surface area (Å²) in [7, 11) is 0. The van der Waals surface area contributed by atoms with Gasteiger partial charge in [-0.15, -0.1) is 10.2 Å². The maximum absolute atomic E-state index is 5.90. The zero-order valence-electron chi connectivity index (χ0n) is 10.7. The fourth-order valence-electron chi connectivity index (χ4n) is 2.86. The Bertz CT molecular complexity index is 532. The van der Waals surface area contributed by atoms with Gasteiger partial charge in [0.1, 0.15) is 5.01 Å². The monoisotopic (exact) mass is 265 g/mol. The molecule has 98 valence electrons. The van der Waals surface area contributed by atoms with Crippen LogP contribution in [0.3, 0.4) is 0 Å². The van der Waals surface area contributed by atoms with E-state index in [0.717, 1.165) is 23.8 Å². The van der Waals surface area contributed by atoms with Crippen LogP contribution in [0.15, 0.2) is 0 Å².